The number of nitrogens with zero attached hydrogens (tertiary/aromatic N) is 2. The van der Waals surface area contributed by atoms with E-state index in [9.17, 15) is 9.59 Å². The molecule has 2 aliphatic rings. The SMILES string of the molecule is CCC(Sc1cccc(NC(=O)N2c3ccccc3SC3C=CC=CC32)c1)C(=O)Nc1nc(-c2ccc(Cl)cc2Cl)cs1. The predicted molar refractivity (Wildman–Crippen MR) is 182 cm³/mol. The van der Waals surface area contributed by atoms with E-state index >= 15 is 0 Å². The minimum atomic E-state index is -0.358. The molecule has 0 fully saturated rings. The van der Waals surface area contributed by atoms with E-state index in [1.54, 1.807) is 23.9 Å². The van der Waals surface area contributed by atoms with Crippen LogP contribution in [-0.4, -0.2) is 33.5 Å². The van der Waals surface area contributed by atoms with Gasteiger partial charge in [-0.1, -0.05) is 72.6 Å². The molecule has 0 bridgehead atoms. The van der Waals surface area contributed by atoms with E-state index in [0.717, 1.165) is 21.0 Å². The first-order chi connectivity index (χ1) is 20.9. The summed E-state index contributed by atoms with van der Waals surface area (Å²) in [6, 6.07) is 20.5. The van der Waals surface area contributed by atoms with Crippen LogP contribution >= 0.6 is 58.1 Å². The van der Waals surface area contributed by atoms with Crippen LogP contribution in [0.1, 0.15) is 13.3 Å². The topological polar surface area (TPSA) is 74.3 Å². The van der Waals surface area contributed by atoms with Crippen molar-refractivity contribution in [3.05, 3.63) is 106 Å². The fourth-order valence-corrected chi connectivity index (χ4v) is 8.37. The van der Waals surface area contributed by atoms with Gasteiger partial charge in [0.15, 0.2) is 5.13 Å². The Hall–Kier alpha value is -3.21. The van der Waals surface area contributed by atoms with Crippen molar-refractivity contribution in [1.29, 1.82) is 0 Å². The molecule has 3 aromatic carbocycles. The van der Waals surface area contributed by atoms with Crippen LogP contribution in [0.4, 0.5) is 21.3 Å². The molecule has 2 heterocycles. The van der Waals surface area contributed by atoms with Gasteiger partial charge in [-0.15, -0.1) is 34.9 Å². The Morgan fingerprint density at radius 1 is 1.02 bits per heavy atom. The minimum Gasteiger partial charge on any atom is -0.307 e. The van der Waals surface area contributed by atoms with Crippen LogP contribution in [0.2, 0.25) is 10.0 Å². The van der Waals surface area contributed by atoms with Gasteiger partial charge in [0.05, 0.1) is 32.9 Å². The van der Waals surface area contributed by atoms with Crippen LogP contribution in [0.5, 0.6) is 0 Å². The highest BCUT2D eigenvalue weighted by Gasteiger charge is 2.36. The Labute approximate surface area is 272 Å². The van der Waals surface area contributed by atoms with Crippen molar-refractivity contribution in [2.75, 3.05) is 15.5 Å². The van der Waals surface area contributed by atoms with Crippen molar-refractivity contribution < 1.29 is 9.59 Å². The van der Waals surface area contributed by atoms with Crippen molar-refractivity contribution >= 4 is 86.5 Å². The lowest BCUT2D eigenvalue weighted by atomic mass is 10.1. The lowest BCUT2D eigenvalue weighted by Gasteiger charge is -2.40. The molecule has 6 nitrogen and oxygen atoms in total. The first-order valence-corrected chi connectivity index (χ1v) is 17.0. The molecule has 6 rings (SSSR count). The zero-order valence-corrected chi connectivity index (χ0v) is 26.8. The van der Waals surface area contributed by atoms with Crippen LogP contribution < -0.4 is 15.5 Å². The van der Waals surface area contributed by atoms with Crippen molar-refractivity contribution in [2.45, 2.75) is 39.7 Å². The predicted octanol–water partition coefficient (Wildman–Crippen LogP) is 9.63. The van der Waals surface area contributed by atoms with Gasteiger partial charge in [0.2, 0.25) is 5.91 Å². The molecule has 43 heavy (non-hydrogen) atoms. The lowest BCUT2D eigenvalue weighted by Crippen LogP contribution is -2.49. The molecule has 4 aromatic rings. The third kappa shape index (κ3) is 6.66. The summed E-state index contributed by atoms with van der Waals surface area (Å²) in [5.41, 5.74) is 2.98. The number of thioether (sulfide) groups is 2. The number of hydrogen-bond acceptors (Lipinski definition) is 6. The number of allylic oxidation sites excluding steroid dienone is 2. The van der Waals surface area contributed by atoms with Gasteiger partial charge in [-0.25, -0.2) is 9.78 Å². The van der Waals surface area contributed by atoms with Crippen molar-refractivity contribution in [2.24, 2.45) is 0 Å². The van der Waals surface area contributed by atoms with Crippen molar-refractivity contribution in [3.63, 3.8) is 0 Å². The molecule has 3 atom stereocenters. The van der Waals surface area contributed by atoms with E-state index in [0.29, 0.717) is 33.0 Å². The molecule has 3 unspecified atom stereocenters. The molecule has 2 N–H and O–H groups in total. The van der Waals surface area contributed by atoms with E-state index in [2.05, 4.69) is 33.8 Å². The van der Waals surface area contributed by atoms with Crippen LogP contribution in [0.3, 0.4) is 0 Å². The Morgan fingerprint density at radius 2 is 1.86 bits per heavy atom. The van der Waals surface area contributed by atoms with E-state index in [-0.39, 0.29) is 28.5 Å². The maximum Gasteiger partial charge on any atom is 0.326 e. The summed E-state index contributed by atoms with van der Waals surface area (Å²) in [5.74, 6) is -0.143. The average molecular weight is 666 g/mol. The molecule has 0 radical (unpaired) electrons. The second-order valence-corrected chi connectivity index (χ2v) is 14.0. The quantitative estimate of drug-likeness (QED) is 0.192. The van der Waals surface area contributed by atoms with E-state index in [1.165, 1.54) is 23.1 Å². The molecular weight excluding hydrogens is 639 g/mol. The van der Waals surface area contributed by atoms with Gasteiger partial charge in [-0.05, 0) is 55.0 Å². The van der Waals surface area contributed by atoms with Gasteiger partial charge in [-0.2, -0.15) is 0 Å². The number of nitrogens with one attached hydrogen (secondary N) is 2. The molecule has 1 aliphatic heterocycles. The number of para-hydroxylation sites is 1. The molecule has 0 saturated heterocycles. The third-order valence-corrected chi connectivity index (χ3v) is 10.9. The maximum atomic E-state index is 13.7. The molecule has 3 amide bonds. The van der Waals surface area contributed by atoms with Crippen LogP contribution in [-0.2, 0) is 4.79 Å². The number of urea groups is 1. The van der Waals surface area contributed by atoms with Gasteiger partial charge in [-0.3, -0.25) is 9.69 Å². The summed E-state index contributed by atoms with van der Waals surface area (Å²) in [6.07, 6.45) is 8.83. The zero-order valence-electron chi connectivity index (χ0n) is 22.9. The van der Waals surface area contributed by atoms with Crippen LogP contribution in [0, 0.1) is 0 Å². The van der Waals surface area contributed by atoms with E-state index in [1.807, 2.05) is 77.9 Å². The molecular formula is C32H26Cl2N4O2S3. The minimum absolute atomic E-state index is 0.0854. The standard InChI is InChI=1S/C32H26Cl2N4O2S3/c1-2-27(30(39)37-31-36-24(18-41-31)22-15-14-19(33)16-23(22)34)42-21-9-7-8-20(17-21)35-32(40)38-25-10-3-5-12-28(25)43-29-13-6-4-11-26(29)38/h3-18,25,27-28H,2H2,1H3,(H,35,40)(H,36,37,39). The Morgan fingerprint density at radius 3 is 2.70 bits per heavy atom. The van der Waals surface area contributed by atoms with Gasteiger partial charge in [0, 0.05) is 31.4 Å². The summed E-state index contributed by atoms with van der Waals surface area (Å²) < 4.78 is 0. The number of carbonyl (C=O) groups excluding carboxylic acids is 2. The number of hydrogen-bond donors (Lipinski definition) is 2. The molecule has 1 aliphatic carbocycles. The maximum absolute atomic E-state index is 13.7. The lowest BCUT2D eigenvalue weighted by molar-refractivity contribution is -0.115. The zero-order chi connectivity index (χ0) is 29.9. The number of amides is 3. The van der Waals surface area contributed by atoms with Gasteiger partial charge in [0.1, 0.15) is 0 Å². The number of fused-ring (bicyclic) bond motifs is 2. The summed E-state index contributed by atoms with van der Waals surface area (Å²) in [5, 5.41) is 9.23. The van der Waals surface area contributed by atoms with E-state index < -0.39 is 0 Å². The average Bonchev–Trinajstić information content (AvgIpc) is 3.46. The third-order valence-electron chi connectivity index (χ3n) is 6.93. The highest BCUT2D eigenvalue weighted by atomic mass is 35.5. The number of carbonyl (C=O) groups is 2. The largest absolute Gasteiger partial charge is 0.326 e. The molecule has 0 spiro atoms. The summed E-state index contributed by atoms with van der Waals surface area (Å²) >= 11 is 16.9. The van der Waals surface area contributed by atoms with Gasteiger partial charge in [0.25, 0.3) is 0 Å². The molecule has 218 valence electrons. The summed E-state index contributed by atoms with van der Waals surface area (Å²) in [7, 11) is 0. The van der Waals surface area contributed by atoms with Crippen LogP contribution in [0.25, 0.3) is 11.3 Å². The second-order valence-electron chi connectivity index (χ2n) is 9.80. The Bertz CT molecular complexity index is 1740. The smallest absolute Gasteiger partial charge is 0.307 e. The number of benzene rings is 3. The number of rotatable bonds is 7. The van der Waals surface area contributed by atoms with E-state index in [4.69, 9.17) is 23.2 Å². The number of aromatic nitrogens is 1. The normalized spacial score (nSPS) is 17.6. The first-order valence-electron chi connectivity index (χ1n) is 13.6. The summed E-state index contributed by atoms with van der Waals surface area (Å²) in [4.78, 5) is 35.2. The van der Waals surface area contributed by atoms with Crippen molar-refractivity contribution in [1.82, 2.24) is 4.98 Å². The highest BCUT2D eigenvalue weighted by Crippen LogP contribution is 2.44. The van der Waals surface area contributed by atoms with Crippen molar-refractivity contribution in [3.8, 4) is 11.3 Å². The van der Waals surface area contributed by atoms with Gasteiger partial charge >= 0.3 is 6.03 Å². The number of anilines is 3. The summed E-state index contributed by atoms with van der Waals surface area (Å²) in [6.45, 7) is 1.97. The molecule has 1 aromatic heterocycles. The highest BCUT2D eigenvalue weighted by molar-refractivity contribution is 8.00. The Balaban J connectivity index is 1.13. The van der Waals surface area contributed by atoms with Gasteiger partial charge < -0.3 is 10.6 Å². The molecule has 11 heteroatoms. The monoisotopic (exact) mass is 664 g/mol. The first kappa shape index (κ1) is 29.8. The fraction of sp³-hybridized carbons (Fsp3) is 0.156. The number of halogens is 2. The fourth-order valence-electron chi connectivity index (χ4n) is 4.88. The van der Waals surface area contributed by atoms with Crippen LogP contribution in [0.15, 0.2) is 106 Å². The Kier molecular flexibility index (Phi) is 9.16. The second kappa shape index (κ2) is 13.2. The molecule has 0 saturated carbocycles. The number of thiazole rings is 1.